The number of rotatable bonds is 4. The molecule has 0 atom stereocenters. The Balaban J connectivity index is 2.21. The molecule has 0 amide bonds. The van der Waals surface area contributed by atoms with E-state index in [-0.39, 0.29) is 5.78 Å². The number of hydrogen-bond donors (Lipinski definition) is 0. The van der Waals surface area contributed by atoms with E-state index in [1.54, 1.807) is 7.11 Å². The molecule has 0 radical (unpaired) electrons. The van der Waals surface area contributed by atoms with E-state index in [1.165, 1.54) is 0 Å². The molecule has 20 heavy (non-hydrogen) atoms. The van der Waals surface area contributed by atoms with Crippen LogP contribution >= 0.6 is 11.6 Å². The van der Waals surface area contributed by atoms with E-state index >= 15 is 0 Å². The van der Waals surface area contributed by atoms with Gasteiger partial charge in [-0.25, -0.2) is 0 Å². The SMILES string of the molecule is COc1ccc(CC(=O)c2cc(C)c(C)cc2Cl)cc1. The van der Waals surface area contributed by atoms with Gasteiger partial charge >= 0.3 is 0 Å². The van der Waals surface area contributed by atoms with Crippen LogP contribution in [0.25, 0.3) is 0 Å². The monoisotopic (exact) mass is 288 g/mol. The maximum absolute atomic E-state index is 12.3. The molecule has 0 aromatic heterocycles. The highest BCUT2D eigenvalue weighted by Gasteiger charge is 2.12. The lowest BCUT2D eigenvalue weighted by Gasteiger charge is -2.08. The Morgan fingerprint density at radius 1 is 1.10 bits per heavy atom. The molecule has 0 spiro atoms. The highest BCUT2D eigenvalue weighted by atomic mass is 35.5. The molecule has 2 aromatic rings. The van der Waals surface area contributed by atoms with E-state index in [0.29, 0.717) is 17.0 Å². The largest absolute Gasteiger partial charge is 0.497 e. The van der Waals surface area contributed by atoms with Crippen LogP contribution in [0.15, 0.2) is 36.4 Å². The van der Waals surface area contributed by atoms with Gasteiger partial charge < -0.3 is 4.74 Å². The fourth-order valence-corrected chi connectivity index (χ4v) is 2.34. The standard InChI is InChI=1S/C17H17ClO2/c1-11-8-15(16(18)9-12(11)2)17(19)10-13-4-6-14(20-3)7-5-13/h4-9H,10H2,1-3H3. The number of ketones is 1. The van der Waals surface area contributed by atoms with Crippen molar-refractivity contribution in [1.82, 2.24) is 0 Å². The van der Waals surface area contributed by atoms with Crippen molar-refractivity contribution < 1.29 is 9.53 Å². The van der Waals surface area contributed by atoms with E-state index < -0.39 is 0 Å². The lowest BCUT2D eigenvalue weighted by atomic mass is 9.99. The van der Waals surface area contributed by atoms with Gasteiger partial charge in [-0.2, -0.15) is 0 Å². The van der Waals surface area contributed by atoms with Crippen LogP contribution in [0.2, 0.25) is 5.02 Å². The normalized spacial score (nSPS) is 10.4. The number of Topliss-reactive ketones (excluding diaryl/α,β-unsaturated/α-hetero) is 1. The topological polar surface area (TPSA) is 26.3 Å². The third-order valence-corrected chi connectivity index (χ3v) is 3.72. The second-order valence-corrected chi connectivity index (χ2v) is 5.27. The van der Waals surface area contributed by atoms with Crippen LogP contribution in [0.1, 0.15) is 27.0 Å². The first-order valence-electron chi connectivity index (χ1n) is 6.44. The van der Waals surface area contributed by atoms with Crippen LogP contribution in [-0.4, -0.2) is 12.9 Å². The summed E-state index contributed by atoms with van der Waals surface area (Å²) in [6, 6.07) is 11.2. The minimum atomic E-state index is 0.0308. The molecule has 0 heterocycles. The van der Waals surface area contributed by atoms with Crippen LogP contribution in [0, 0.1) is 13.8 Å². The van der Waals surface area contributed by atoms with Gasteiger partial charge in [-0.15, -0.1) is 0 Å². The van der Waals surface area contributed by atoms with Crippen LogP contribution in [-0.2, 0) is 6.42 Å². The molecule has 3 heteroatoms. The van der Waals surface area contributed by atoms with E-state index in [9.17, 15) is 4.79 Å². The maximum Gasteiger partial charge on any atom is 0.168 e. The van der Waals surface area contributed by atoms with Gasteiger partial charge in [0.25, 0.3) is 0 Å². The van der Waals surface area contributed by atoms with Crippen LogP contribution in [0.5, 0.6) is 5.75 Å². The quantitative estimate of drug-likeness (QED) is 0.780. The van der Waals surface area contributed by atoms with Gasteiger partial charge in [0, 0.05) is 12.0 Å². The van der Waals surface area contributed by atoms with Crippen LogP contribution < -0.4 is 4.74 Å². The molecule has 0 saturated heterocycles. The minimum Gasteiger partial charge on any atom is -0.497 e. The summed E-state index contributed by atoms with van der Waals surface area (Å²) in [6.07, 6.45) is 0.339. The summed E-state index contributed by atoms with van der Waals surface area (Å²) < 4.78 is 5.10. The second kappa shape index (κ2) is 6.10. The molecule has 2 nitrogen and oxygen atoms in total. The summed E-state index contributed by atoms with van der Waals surface area (Å²) >= 11 is 6.17. The number of carbonyl (C=O) groups excluding carboxylic acids is 1. The average molecular weight is 289 g/mol. The molecule has 0 saturated carbocycles. The summed E-state index contributed by atoms with van der Waals surface area (Å²) in [7, 11) is 1.62. The Kier molecular flexibility index (Phi) is 4.46. The number of methoxy groups -OCH3 is 1. The number of benzene rings is 2. The van der Waals surface area contributed by atoms with Crippen molar-refractivity contribution in [3.8, 4) is 5.75 Å². The van der Waals surface area contributed by atoms with Crippen LogP contribution in [0.3, 0.4) is 0 Å². The smallest absolute Gasteiger partial charge is 0.168 e. The molecule has 2 rings (SSSR count). The molecule has 0 N–H and O–H groups in total. The lowest BCUT2D eigenvalue weighted by molar-refractivity contribution is 0.0993. The molecule has 0 bridgehead atoms. The molecule has 2 aromatic carbocycles. The Morgan fingerprint density at radius 3 is 2.30 bits per heavy atom. The minimum absolute atomic E-state index is 0.0308. The van der Waals surface area contributed by atoms with Gasteiger partial charge in [0.2, 0.25) is 0 Å². The third-order valence-electron chi connectivity index (χ3n) is 3.41. The number of ether oxygens (including phenoxy) is 1. The van der Waals surface area contributed by atoms with Crippen molar-refractivity contribution in [2.24, 2.45) is 0 Å². The zero-order valence-electron chi connectivity index (χ0n) is 11.9. The number of aryl methyl sites for hydroxylation is 2. The van der Waals surface area contributed by atoms with Crippen molar-refractivity contribution in [3.63, 3.8) is 0 Å². The van der Waals surface area contributed by atoms with Crippen molar-refractivity contribution >= 4 is 17.4 Å². The zero-order valence-corrected chi connectivity index (χ0v) is 12.6. The van der Waals surface area contributed by atoms with Crippen molar-refractivity contribution in [2.75, 3.05) is 7.11 Å². The predicted molar refractivity (Wildman–Crippen MR) is 82.0 cm³/mol. The lowest BCUT2D eigenvalue weighted by Crippen LogP contribution is -2.05. The summed E-state index contributed by atoms with van der Waals surface area (Å²) in [5, 5.41) is 0.520. The highest BCUT2D eigenvalue weighted by molar-refractivity contribution is 6.34. The van der Waals surface area contributed by atoms with Crippen molar-refractivity contribution in [3.05, 3.63) is 63.7 Å². The van der Waals surface area contributed by atoms with E-state index in [2.05, 4.69) is 0 Å². The maximum atomic E-state index is 12.3. The molecule has 0 aliphatic heterocycles. The summed E-state index contributed by atoms with van der Waals surface area (Å²) in [4.78, 5) is 12.3. The first kappa shape index (κ1) is 14.6. The highest BCUT2D eigenvalue weighted by Crippen LogP contribution is 2.23. The third kappa shape index (κ3) is 3.20. The van der Waals surface area contributed by atoms with Crippen molar-refractivity contribution in [2.45, 2.75) is 20.3 Å². The number of carbonyl (C=O) groups is 1. The Bertz CT molecular complexity index is 630. The molecule has 0 unspecified atom stereocenters. The number of halogens is 1. The van der Waals surface area contributed by atoms with Gasteiger partial charge in [0.05, 0.1) is 12.1 Å². The van der Waals surface area contributed by atoms with E-state index in [1.807, 2.05) is 50.2 Å². The second-order valence-electron chi connectivity index (χ2n) is 4.86. The molecular formula is C17H17ClO2. The van der Waals surface area contributed by atoms with Gasteiger partial charge in [-0.05, 0) is 54.8 Å². The summed E-state index contributed by atoms with van der Waals surface area (Å²) in [5.41, 5.74) is 3.71. The zero-order chi connectivity index (χ0) is 14.7. The molecule has 0 fully saturated rings. The van der Waals surface area contributed by atoms with Crippen molar-refractivity contribution in [1.29, 1.82) is 0 Å². The first-order valence-corrected chi connectivity index (χ1v) is 6.82. The van der Waals surface area contributed by atoms with E-state index in [4.69, 9.17) is 16.3 Å². The Morgan fingerprint density at radius 2 is 1.70 bits per heavy atom. The predicted octanol–water partition coefficient (Wildman–Crippen LogP) is 4.39. The van der Waals surface area contributed by atoms with Gasteiger partial charge in [-0.1, -0.05) is 23.7 Å². The summed E-state index contributed by atoms with van der Waals surface area (Å²) in [5.74, 6) is 0.814. The van der Waals surface area contributed by atoms with Gasteiger partial charge in [0.15, 0.2) is 5.78 Å². The molecule has 0 aliphatic rings. The number of hydrogen-bond acceptors (Lipinski definition) is 2. The summed E-state index contributed by atoms with van der Waals surface area (Å²) in [6.45, 7) is 3.97. The fourth-order valence-electron chi connectivity index (χ4n) is 2.02. The fraction of sp³-hybridized carbons (Fsp3) is 0.235. The van der Waals surface area contributed by atoms with Gasteiger partial charge in [0.1, 0.15) is 5.75 Å². The van der Waals surface area contributed by atoms with E-state index in [0.717, 1.165) is 22.4 Å². The molecule has 104 valence electrons. The molecular weight excluding hydrogens is 272 g/mol. The first-order chi connectivity index (χ1) is 9.51. The Hall–Kier alpha value is -1.80. The molecule has 0 aliphatic carbocycles. The Labute approximate surface area is 124 Å². The van der Waals surface area contributed by atoms with Crippen LogP contribution in [0.4, 0.5) is 0 Å². The average Bonchev–Trinajstić information content (AvgIpc) is 2.43. The van der Waals surface area contributed by atoms with Gasteiger partial charge in [-0.3, -0.25) is 4.79 Å².